The highest BCUT2D eigenvalue weighted by Gasteiger charge is 2.21. The second-order valence-corrected chi connectivity index (χ2v) is 5.43. The summed E-state index contributed by atoms with van der Waals surface area (Å²) in [7, 11) is 1.53. The molecule has 1 aromatic carbocycles. The zero-order valence-electron chi connectivity index (χ0n) is 12.0. The van der Waals surface area contributed by atoms with Crippen LogP contribution in [0.3, 0.4) is 0 Å². The van der Waals surface area contributed by atoms with Gasteiger partial charge in [0.2, 0.25) is 0 Å². The summed E-state index contributed by atoms with van der Waals surface area (Å²) >= 11 is 6.02. The predicted octanol–water partition coefficient (Wildman–Crippen LogP) is 2.97. The van der Waals surface area contributed by atoms with Crippen LogP contribution in [-0.4, -0.2) is 29.3 Å². The van der Waals surface area contributed by atoms with Gasteiger partial charge < -0.3 is 15.4 Å². The van der Waals surface area contributed by atoms with Crippen LogP contribution in [0.15, 0.2) is 30.3 Å². The van der Waals surface area contributed by atoms with Crippen molar-refractivity contribution >= 4 is 29.0 Å². The molecular weight excluding hydrogens is 304 g/mol. The van der Waals surface area contributed by atoms with Crippen molar-refractivity contribution in [3.8, 4) is 5.75 Å². The third-order valence-electron chi connectivity index (χ3n) is 3.24. The molecule has 2 N–H and O–H groups in total. The molecule has 1 amide bonds. The molecule has 0 radical (unpaired) electrons. The molecule has 7 heteroatoms. The highest BCUT2D eigenvalue weighted by Crippen LogP contribution is 2.27. The van der Waals surface area contributed by atoms with E-state index in [1.807, 2.05) is 0 Å². The van der Waals surface area contributed by atoms with E-state index in [1.54, 1.807) is 30.3 Å². The number of aromatic nitrogens is 2. The number of nitrogens with zero attached hydrogens (tertiary/aromatic N) is 2. The molecule has 1 aliphatic rings. The number of rotatable bonds is 5. The maximum atomic E-state index is 12.1. The predicted molar refractivity (Wildman–Crippen MR) is 84.6 cm³/mol. The van der Waals surface area contributed by atoms with Gasteiger partial charge in [0.25, 0.3) is 5.91 Å². The summed E-state index contributed by atoms with van der Waals surface area (Å²) in [5.41, 5.74) is 0.811. The molecule has 114 valence electrons. The SMILES string of the molecule is COc1ccc(NC(=O)c2ccc(NC3CC3)nn2)cc1Cl. The zero-order chi connectivity index (χ0) is 15.5. The third kappa shape index (κ3) is 3.46. The van der Waals surface area contributed by atoms with Gasteiger partial charge in [0.05, 0.1) is 12.1 Å². The Morgan fingerprint density at radius 3 is 2.68 bits per heavy atom. The molecule has 1 saturated carbocycles. The molecule has 1 heterocycles. The van der Waals surface area contributed by atoms with E-state index in [4.69, 9.17) is 16.3 Å². The van der Waals surface area contributed by atoms with Gasteiger partial charge in [0.1, 0.15) is 11.6 Å². The van der Waals surface area contributed by atoms with Gasteiger partial charge in [-0.05, 0) is 43.2 Å². The summed E-state index contributed by atoms with van der Waals surface area (Å²) < 4.78 is 5.07. The van der Waals surface area contributed by atoms with Crippen LogP contribution in [-0.2, 0) is 0 Å². The summed E-state index contributed by atoms with van der Waals surface area (Å²) in [5, 5.41) is 14.3. The molecule has 0 unspecified atom stereocenters. The normalized spacial score (nSPS) is 13.5. The van der Waals surface area contributed by atoms with Crippen molar-refractivity contribution in [3.05, 3.63) is 41.0 Å². The Morgan fingerprint density at radius 1 is 1.27 bits per heavy atom. The fourth-order valence-corrected chi connectivity index (χ4v) is 2.16. The number of hydrogen-bond acceptors (Lipinski definition) is 5. The largest absolute Gasteiger partial charge is 0.495 e. The quantitative estimate of drug-likeness (QED) is 0.886. The number of methoxy groups -OCH3 is 1. The van der Waals surface area contributed by atoms with Crippen LogP contribution in [0.2, 0.25) is 5.02 Å². The van der Waals surface area contributed by atoms with Crippen molar-refractivity contribution in [2.24, 2.45) is 0 Å². The van der Waals surface area contributed by atoms with Crippen LogP contribution in [0.25, 0.3) is 0 Å². The Balaban J connectivity index is 1.66. The first-order valence-corrected chi connectivity index (χ1v) is 7.28. The molecule has 1 fully saturated rings. The van der Waals surface area contributed by atoms with Gasteiger partial charge in [-0.25, -0.2) is 0 Å². The lowest BCUT2D eigenvalue weighted by molar-refractivity contribution is 0.102. The van der Waals surface area contributed by atoms with Crippen LogP contribution in [0, 0.1) is 0 Å². The number of hydrogen-bond donors (Lipinski definition) is 2. The maximum absolute atomic E-state index is 12.1. The molecule has 0 bridgehead atoms. The van der Waals surface area contributed by atoms with E-state index in [9.17, 15) is 4.79 Å². The number of benzene rings is 1. The summed E-state index contributed by atoms with van der Waals surface area (Å²) in [6, 6.07) is 8.90. The van der Waals surface area contributed by atoms with Crippen molar-refractivity contribution < 1.29 is 9.53 Å². The molecule has 1 aliphatic carbocycles. The van der Waals surface area contributed by atoms with E-state index in [1.165, 1.54) is 7.11 Å². The van der Waals surface area contributed by atoms with Crippen LogP contribution < -0.4 is 15.4 Å². The van der Waals surface area contributed by atoms with Crippen molar-refractivity contribution in [3.63, 3.8) is 0 Å². The molecule has 1 aromatic heterocycles. The maximum Gasteiger partial charge on any atom is 0.276 e. The van der Waals surface area contributed by atoms with Crippen LogP contribution in [0.1, 0.15) is 23.3 Å². The lowest BCUT2D eigenvalue weighted by atomic mass is 10.3. The van der Waals surface area contributed by atoms with E-state index in [-0.39, 0.29) is 11.6 Å². The monoisotopic (exact) mass is 318 g/mol. The number of ether oxygens (including phenoxy) is 1. The lowest BCUT2D eigenvalue weighted by Gasteiger charge is -2.08. The third-order valence-corrected chi connectivity index (χ3v) is 3.53. The average Bonchev–Trinajstić information content (AvgIpc) is 3.32. The molecule has 0 aliphatic heterocycles. The van der Waals surface area contributed by atoms with E-state index in [2.05, 4.69) is 20.8 Å². The summed E-state index contributed by atoms with van der Waals surface area (Å²) in [6.45, 7) is 0. The topological polar surface area (TPSA) is 76.1 Å². The zero-order valence-corrected chi connectivity index (χ0v) is 12.7. The van der Waals surface area contributed by atoms with E-state index < -0.39 is 0 Å². The molecule has 0 atom stereocenters. The summed E-state index contributed by atoms with van der Waals surface area (Å²) in [5.74, 6) is 0.896. The Labute approximate surface area is 132 Å². The first-order chi connectivity index (χ1) is 10.7. The number of halogens is 1. The summed E-state index contributed by atoms with van der Waals surface area (Å²) in [4.78, 5) is 12.1. The Bertz CT molecular complexity index is 686. The molecule has 22 heavy (non-hydrogen) atoms. The molecule has 2 aromatic rings. The van der Waals surface area contributed by atoms with Gasteiger partial charge in [-0.1, -0.05) is 11.6 Å². The van der Waals surface area contributed by atoms with Crippen LogP contribution in [0.4, 0.5) is 11.5 Å². The minimum absolute atomic E-state index is 0.244. The number of carbonyl (C=O) groups is 1. The second kappa shape index (κ2) is 6.19. The number of amides is 1. The fraction of sp³-hybridized carbons (Fsp3) is 0.267. The van der Waals surface area contributed by atoms with Gasteiger partial charge in [0, 0.05) is 11.7 Å². The highest BCUT2D eigenvalue weighted by atomic mass is 35.5. The van der Waals surface area contributed by atoms with Gasteiger partial charge in [0.15, 0.2) is 5.69 Å². The van der Waals surface area contributed by atoms with Gasteiger partial charge >= 0.3 is 0 Å². The Morgan fingerprint density at radius 2 is 2.09 bits per heavy atom. The molecular formula is C15H15ClN4O2. The first-order valence-electron chi connectivity index (χ1n) is 6.91. The number of carbonyl (C=O) groups excluding carboxylic acids is 1. The van der Waals surface area contributed by atoms with Crippen molar-refractivity contribution in [2.45, 2.75) is 18.9 Å². The number of nitrogens with one attached hydrogen (secondary N) is 2. The molecule has 0 saturated heterocycles. The first kappa shape index (κ1) is 14.6. The molecule has 0 spiro atoms. The standard InChI is InChI=1S/C15H15ClN4O2/c1-22-13-6-4-10(8-11(13)16)18-15(21)12-5-7-14(20-19-12)17-9-2-3-9/h4-9H,2-3H2,1H3,(H,17,20)(H,18,21). The van der Waals surface area contributed by atoms with Crippen molar-refractivity contribution in [1.29, 1.82) is 0 Å². The second-order valence-electron chi connectivity index (χ2n) is 5.03. The van der Waals surface area contributed by atoms with Gasteiger partial charge in [-0.3, -0.25) is 4.79 Å². The van der Waals surface area contributed by atoms with Gasteiger partial charge in [-0.15, -0.1) is 10.2 Å². The summed E-state index contributed by atoms with van der Waals surface area (Å²) in [6.07, 6.45) is 2.31. The smallest absolute Gasteiger partial charge is 0.276 e. The fourth-order valence-electron chi connectivity index (χ4n) is 1.91. The van der Waals surface area contributed by atoms with Crippen molar-refractivity contribution in [1.82, 2.24) is 10.2 Å². The van der Waals surface area contributed by atoms with Crippen LogP contribution in [0.5, 0.6) is 5.75 Å². The van der Waals surface area contributed by atoms with E-state index in [0.29, 0.717) is 28.3 Å². The van der Waals surface area contributed by atoms with E-state index in [0.717, 1.165) is 12.8 Å². The van der Waals surface area contributed by atoms with Crippen molar-refractivity contribution in [2.75, 3.05) is 17.7 Å². The molecule has 6 nitrogen and oxygen atoms in total. The van der Waals surface area contributed by atoms with Gasteiger partial charge in [-0.2, -0.15) is 0 Å². The number of anilines is 2. The lowest BCUT2D eigenvalue weighted by Crippen LogP contribution is -2.15. The highest BCUT2D eigenvalue weighted by molar-refractivity contribution is 6.32. The van der Waals surface area contributed by atoms with E-state index >= 15 is 0 Å². The van der Waals surface area contributed by atoms with Crippen LogP contribution >= 0.6 is 11.6 Å². The molecule has 3 rings (SSSR count). The Hall–Kier alpha value is -2.34. The average molecular weight is 319 g/mol. The Kier molecular flexibility index (Phi) is 4.11. The minimum Gasteiger partial charge on any atom is -0.495 e. The minimum atomic E-state index is -0.341.